The molecule has 1 heteroatoms. The molecule has 88 valence electrons. The van der Waals surface area contributed by atoms with E-state index in [2.05, 4.69) is 19.2 Å². The maximum atomic E-state index is 3.59. The molecule has 15 heavy (non-hydrogen) atoms. The van der Waals surface area contributed by atoms with Gasteiger partial charge < -0.3 is 5.32 Å². The third-order valence-electron chi connectivity index (χ3n) is 4.27. The van der Waals surface area contributed by atoms with E-state index in [0.29, 0.717) is 6.04 Å². The van der Waals surface area contributed by atoms with Crippen molar-refractivity contribution in [3.63, 3.8) is 0 Å². The Bertz CT molecular complexity index is 180. The molecule has 0 aliphatic heterocycles. The van der Waals surface area contributed by atoms with E-state index >= 15 is 0 Å². The molecule has 0 bridgehead atoms. The highest BCUT2D eigenvalue weighted by Gasteiger charge is 2.41. The quantitative estimate of drug-likeness (QED) is 0.698. The van der Waals surface area contributed by atoms with Crippen LogP contribution in [0.2, 0.25) is 0 Å². The number of hydrogen-bond acceptors (Lipinski definition) is 1. The Morgan fingerprint density at radius 1 is 1.07 bits per heavy atom. The second-order valence-corrected chi connectivity index (χ2v) is 5.97. The van der Waals surface area contributed by atoms with Crippen LogP contribution >= 0.6 is 0 Å². The zero-order chi connectivity index (χ0) is 10.7. The normalized spacial score (nSPS) is 33.0. The van der Waals surface area contributed by atoms with Crippen molar-refractivity contribution in [1.82, 2.24) is 5.32 Å². The van der Waals surface area contributed by atoms with Crippen LogP contribution in [0.25, 0.3) is 0 Å². The zero-order valence-corrected chi connectivity index (χ0v) is 10.5. The highest BCUT2D eigenvalue weighted by atomic mass is 14.9. The van der Waals surface area contributed by atoms with E-state index in [-0.39, 0.29) is 0 Å². The predicted octanol–water partition coefficient (Wildman–Crippen LogP) is 3.59. The van der Waals surface area contributed by atoms with Crippen LogP contribution in [-0.4, -0.2) is 12.6 Å². The van der Waals surface area contributed by atoms with Gasteiger partial charge in [-0.2, -0.15) is 0 Å². The minimum Gasteiger partial charge on any atom is -0.314 e. The van der Waals surface area contributed by atoms with Gasteiger partial charge in [0.25, 0.3) is 0 Å². The predicted molar refractivity (Wildman–Crippen MR) is 65.9 cm³/mol. The third kappa shape index (κ3) is 3.48. The molecule has 2 atom stereocenters. The summed E-state index contributed by atoms with van der Waals surface area (Å²) in [5.41, 5.74) is 0. The number of nitrogens with one attached hydrogen (secondary N) is 1. The summed E-state index contributed by atoms with van der Waals surface area (Å²) >= 11 is 0. The van der Waals surface area contributed by atoms with Gasteiger partial charge in [0, 0.05) is 6.04 Å². The molecule has 2 fully saturated rings. The molecule has 1 nitrogen and oxygen atoms in total. The van der Waals surface area contributed by atoms with Gasteiger partial charge >= 0.3 is 0 Å². The van der Waals surface area contributed by atoms with Crippen molar-refractivity contribution in [2.75, 3.05) is 6.54 Å². The van der Waals surface area contributed by atoms with Gasteiger partial charge in [0.1, 0.15) is 0 Å². The minimum atomic E-state index is 0.667. The summed E-state index contributed by atoms with van der Waals surface area (Å²) in [5, 5.41) is 3.59. The zero-order valence-electron chi connectivity index (χ0n) is 10.5. The molecule has 0 spiro atoms. The number of hydrogen-bond donors (Lipinski definition) is 1. The SMILES string of the molecule is CC(C)NCC1CC1C1CCCCCC1. The van der Waals surface area contributed by atoms with Gasteiger partial charge in [0.05, 0.1) is 0 Å². The first-order chi connectivity index (χ1) is 7.27. The third-order valence-corrected chi connectivity index (χ3v) is 4.27. The van der Waals surface area contributed by atoms with Crippen molar-refractivity contribution in [3.05, 3.63) is 0 Å². The fraction of sp³-hybridized carbons (Fsp3) is 1.00. The first-order valence-electron chi connectivity index (χ1n) is 7.00. The molecule has 0 aromatic heterocycles. The summed E-state index contributed by atoms with van der Waals surface area (Å²) in [6.07, 6.45) is 10.6. The highest BCUT2D eigenvalue weighted by molar-refractivity contribution is 4.93. The minimum absolute atomic E-state index is 0.667. The summed E-state index contributed by atoms with van der Waals surface area (Å²) in [4.78, 5) is 0. The van der Waals surface area contributed by atoms with Gasteiger partial charge in [-0.3, -0.25) is 0 Å². The number of rotatable bonds is 4. The maximum absolute atomic E-state index is 3.59. The molecular formula is C14H27N. The first-order valence-corrected chi connectivity index (χ1v) is 7.00. The smallest absolute Gasteiger partial charge is 0.00104 e. The molecule has 2 aliphatic rings. The molecule has 2 aliphatic carbocycles. The first kappa shape index (κ1) is 11.4. The molecule has 0 radical (unpaired) electrons. The van der Waals surface area contributed by atoms with Crippen molar-refractivity contribution < 1.29 is 0 Å². The highest BCUT2D eigenvalue weighted by Crippen LogP contribution is 2.48. The fourth-order valence-electron chi connectivity index (χ4n) is 3.21. The molecule has 1 N–H and O–H groups in total. The van der Waals surface area contributed by atoms with E-state index in [1.807, 2.05) is 0 Å². The van der Waals surface area contributed by atoms with Crippen LogP contribution in [0.1, 0.15) is 58.8 Å². The van der Waals surface area contributed by atoms with Crippen LogP contribution in [-0.2, 0) is 0 Å². The van der Waals surface area contributed by atoms with Crippen LogP contribution < -0.4 is 5.32 Å². The lowest BCUT2D eigenvalue weighted by Gasteiger charge is -2.14. The fourth-order valence-corrected chi connectivity index (χ4v) is 3.21. The maximum Gasteiger partial charge on any atom is 0.00104 e. The lowest BCUT2D eigenvalue weighted by atomic mass is 9.93. The Morgan fingerprint density at radius 2 is 1.73 bits per heavy atom. The molecule has 0 heterocycles. The Labute approximate surface area is 95.0 Å². The molecule has 0 saturated heterocycles. The van der Waals surface area contributed by atoms with Gasteiger partial charge in [-0.25, -0.2) is 0 Å². The molecule has 0 amide bonds. The lowest BCUT2D eigenvalue weighted by Crippen LogP contribution is -2.25. The van der Waals surface area contributed by atoms with Crippen LogP contribution in [0, 0.1) is 17.8 Å². The summed E-state index contributed by atoms with van der Waals surface area (Å²) in [7, 11) is 0. The summed E-state index contributed by atoms with van der Waals surface area (Å²) in [6.45, 7) is 5.78. The standard InChI is InChI=1S/C14H27N/c1-11(2)15-10-13-9-14(13)12-7-5-3-4-6-8-12/h11-15H,3-10H2,1-2H3. The topological polar surface area (TPSA) is 12.0 Å². The Morgan fingerprint density at radius 3 is 2.33 bits per heavy atom. The summed E-state index contributed by atoms with van der Waals surface area (Å²) in [6, 6.07) is 0.667. The van der Waals surface area contributed by atoms with E-state index in [1.165, 1.54) is 51.5 Å². The molecule has 0 aromatic rings. The van der Waals surface area contributed by atoms with E-state index in [4.69, 9.17) is 0 Å². The van der Waals surface area contributed by atoms with Gasteiger partial charge in [-0.05, 0) is 30.7 Å². The van der Waals surface area contributed by atoms with Crippen molar-refractivity contribution in [1.29, 1.82) is 0 Å². The summed E-state index contributed by atoms with van der Waals surface area (Å²) < 4.78 is 0. The average Bonchev–Trinajstić information content (AvgIpc) is 2.99. The van der Waals surface area contributed by atoms with E-state index in [1.54, 1.807) is 0 Å². The monoisotopic (exact) mass is 209 g/mol. The molecular weight excluding hydrogens is 182 g/mol. The van der Waals surface area contributed by atoms with Crippen LogP contribution in [0.5, 0.6) is 0 Å². The van der Waals surface area contributed by atoms with Gasteiger partial charge in [-0.15, -0.1) is 0 Å². The van der Waals surface area contributed by atoms with Gasteiger partial charge in [0.15, 0.2) is 0 Å². The average molecular weight is 209 g/mol. The van der Waals surface area contributed by atoms with Crippen molar-refractivity contribution in [3.8, 4) is 0 Å². The van der Waals surface area contributed by atoms with Crippen LogP contribution in [0.4, 0.5) is 0 Å². The Balaban J connectivity index is 1.67. The van der Waals surface area contributed by atoms with Crippen molar-refractivity contribution in [2.45, 2.75) is 64.8 Å². The van der Waals surface area contributed by atoms with Gasteiger partial charge in [0.2, 0.25) is 0 Å². The molecule has 0 aromatic carbocycles. The van der Waals surface area contributed by atoms with Crippen molar-refractivity contribution in [2.24, 2.45) is 17.8 Å². The molecule has 2 saturated carbocycles. The molecule has 2 rings (SSSR count). The van der Waals surface area contributed by atoms with Crippen LogP contribution in [0.15, 0.2) is 0 Å². The second kappa shape index (κ2) is 5.34. The Hall–Kier alpha value is -0.0400. The second-order valence-electron chi connectivity index (χ2n) is 5.97. The van der Waals surface area contributed by atoms with Crippen LogP contribution in [0.3, 0.4) is 0 Å². The largest absolute Gasteiger partial charge is 0.314 e. The van der Waals surface area contributed by atoms with Gasteiger partial charge in [-0.1, -0.05) is 52.4 Å². The summed E-state index contributed by atoms with van der Waals surface area (Å²) in [5.74, 6) is 3.20. The van der Waals surface area contributed by atoms with E-state index in [9.17, 15) is 0 Å². The van der Waals surface area contributed by atoms with E-state index in [0.717, 1.165) is 17.8 Å². The van der Waals surface area contributed by atoms with E-state index < -0.39 is 0 Å². The van der Waals surface area contributed by atoms with Crippen molar-refractivity contribution >= 4 is 0 Å². The lowest BCUT2D eigenvalue weighted by molar-refractivity contribution is 0.378. The Kier molecular flexibility index (Phi) is 4.07. The molecule has 2 unspecified atom stereocenters.